The molecule has 88 valence electrons. The first-order chi connectivity index (χ1) is 8.25. The van der Waals surface area contributed by atoms with Crippen LogP contribution in [0, 0.1) is 0 Å². The average molecular weight is 230 g/mol. The molecule has 0 saturated carbocycles. The highest BCUT2D eigenvalue weighted by molar-refractivity contribution is 5.80. The number of benzene rings is 1. The topological polar surface area (TPSA) is 54.3 Å². The Morgan fingerprint density at radius 1 is 1.35 bits per heavy atom. The van der Waals surface area contributed by atoms with E-state index in [9.17, 15) is 4.79 Å². The van der Waals surface area contributed by atoms with Gasteiger partial charge in [0.15, 0.2) is 0 Å². The molecule has 0 amide bonds. The van der Waals surface area contributed by atoms with Crippen LogP contribution in [0.15, 0.2) is 36.5 Å². The summed E-state index contributed by atoms with van der Waals surface area (Å²) in [7, 11) is 0. The van der Waals surface area contributed by atoms with Gasteiger partial charge in [-0.1, -0.05) is 18.2 Å². The molecule has 1 aromatic heterocycles. The van der Waals surface area contributed by atoms with Crippen LogP contribution in [0.2, 0.25) is 0 Å². The molecule has 1 saturated heterocycles. The number of rotatable bonds is 2. The van der Waals surface area contributed by atoms with Gasteiger partial charge in [0.05, 0.1) is 0 Å². The monoisotopic (exact) mass is 230 g/mol. The van der Waals surface area contributed by atoms with Gasteiger partial charge < -0.3 is 15.0 Å². The van der Waals surface area contributed by atoms with Crippen LogP contribution >= 0.6 is 0 Å². The highest BCUT2D eigenvalue weighted by atomic mass is 16.4. The molecule has 0 radical (unpaired) electrons. The smallest absolute Gasteiger partial charge is 0.320 e. The lowest BCUT2D eigenvalue weighted by molar-refractivity contribution is -0.139. The van der Waals surface area contributed by atoms with Gasteiger partial charge in [0, 0.05) is 24.3 Å². The number of hydrogen-bond donors (Lipinski definition) is 2. The van der Waals surface area contributed by atoms with Crippen molar-refractivity contribution in [1.29, 1.82) is 0 Å². The summed E-state index contributed by atoms with van der Waals surface area (Å²) < 4.78 is 2.17. The van der Waals surface area contributed by atoms with Crippen LogP contribution in [0.5, 0.6) is 0 Å². The maximum absolute atomic E-state index is 10.9. The fourth-order valence-corrected chi connectivity index (χ4v) is 2.54. The lowest BCUT2D eigenvalue weighted by atomic mass is 10.1. The summed E-state index contributed by atoms with van der Waals surface area (Å²) in [6.45, 7) is 0.718. The van der Waals surface area contributed by atoms with Crippen molar-refractivity contribution in [2.75, 3.05) is 6.54 Å². The third-order valence-electron chi connectivity index (χ3n) is 3.43. The number of carboxylic acid groups (broad SMARTS) is 1. The molecule has 1 aromatic carbocycles. The second-order valence-corrected chi connectivity index (χ2v) is 4.47. The summed E-state index contributed by atoms with van der Waals surface area (Å²) >= 11 is 0. The summed E-state index contributed by atoms with van der Waals surface area (Å²) in [6.07, 6.45) is 2.69. The van der Waals surface area contributed by atoms with E-state index in [1.165, 1.54) is 10.9 Å². The van der Waals surface area contributed by atoms with Crippen LogP contribution in [-0.4, -0.2) is 28.2 Å². The first-order valence-corrected chi connectivity index (χ1v) is 5.77. The molecule has 0 spiro atoms. The number of aromatic nitrogens is 1. The van der Waals surface area contributed by atoms with E-state index in [0.717, 1.165) is 6.54 Å². The maximum atomic E-state index is 10.9. The number of para-hydroxylation sites is 1. The van der Waals surface area contributed by atoms with Gasteiger partial charge in [0.1, 0.15) is 6.04 Å². The zero-order valence-corrected chi connectivity index (χ0v) is 9.34. The zero-order chi connectivity index (χ0) is 11.8. The molecule has 4 heteroatoms. The number of fused-ring (bicyclic) bond motifs is 1. The Morgan fingerprint density at radius 3 is 2.94 bits per heavy atom. The van der Waals surface area contributed by atoms with Gasteiger partial charge in [-0.25, -0.2) is 0 Å². The van der Waals surface area contributed by atoms with E-state index in [4.69, 9.17) is 5.11 Å². The van der Waals surface area contributed by atoms with Crippen molar-refractivity contribution in [2.45, 2.75) is 18.5 Å². The molecule has 17 heavy (non-hydrogen) atoms. The van der Waals surface area contributed by atoms with Gasteiger partial charge >= 0.3 is 5.97 Å². The molecular formula is C13H14N2O2. The second kappa shape index (κ2) is 3.89. The first kappa shape index (κ1) is 10.4. The number of hydrogen-bond acceptors (Lipinski definition) is 2. The number of nitrogens with zero attached hydrogens (tertiary/aromatic N) is 1. The number of aliphatic carboxylic acids is 1. The standard InChI is InChI=1S/C13H14N2O2/c16-13(17)11-7-10(8-14-11)15-6-5-9-3-1-2-4-12(9)15/h1-6,10-11,14H,7-8H2,(H,16,17)/t10-,11-/m0/s1. The van der Waals surface area contributed by atoms with E-state index >= 15 is 0 Å². The van der Waals surface area contributed by atoms with E-state index in [1.54, 1.807) is 0 Å². The van der Waals surface area contributed by atoms with Crippen LogP contribution in [0.4, 0.5) is 0 Å². The number of carboxylic acids is 1. The van der Waals surface area contributed by atoms with Crippen LogP contribution in [0.3, 0.4) is 0 Å². The summed E-state index contributed by atoms with van der Waals surface area (Å²) in [4.78, 5) is 10.9. The van der Waals surface area contributed by atoms with Crippen molar-refractivity contribution in [3.8, 4) is 0 Å². The van der Waals surface area contributed by atoms with Crippen LogP contribution in [-0.2, 0) is 4.79 Å². The molecule has 2 heterocycles. The number of nitrogens with one attached hydrogen (secondary N) is 1. The molecule has 2 N–H and O–H groups in total. The maximum Gasteiger partial charge on any atom is 0.320 e. The third kappa shape index (κ3) is 1.70. The molecule has 2 atom stereocenters. The lowest BCUT2D eigenvalue weighted by Gasteiger charge is -2.12. The predicted octanol–water partition coefficient (Wildman–Crippen LogP) is 1.63. The Kier molecular flexibility index (Phi) is 2.37. The van der Waals surface area contributed by atoms with Gasteiger partial charge in [-0.05, 0) is 23.9 Å². The van der Waals surface area contributed by atoms with E-state index in [-0.39, 0.29) is 6.04 Å². The molecule has 0 bridgehead atoms. The number of carbonyl (C=O) groups is 1. The predicted molar refractivity (Wildman–Crippen MR) is 65.0 cm³/mol. The van der Waals surface area contributed by atoms with Crippen molar-refractivity contribution in [2.24, 2.45) is 0 Å². The molecule has 0 unspecified atom stereocenters. The quantitative estimate of drug-likeness (QED) is 0.824. The minimum Gasteiger partial charge on any atom is -0.480 e. The largest absolute Gasteiger partial charge is 0.480 e. The fourth-order valence-electron chi connectivity index (χ4n) is 2.54. The Morgan fingerprint density at radius 2 is 2.18 bits per heavy atom. The Balaban J connectivity index is 1.93. The average Bonchev–Trinajstić information content (AvgIpc) is 2.95. The van der Waals surface area contributed by atoms with E-state index in [1.807, 2.05) is 18.3 Å². The summed E-state index contributed by atoms with van der Waals surface area (Å²) in [6, 6.07) is 10.1. The Hall–Kier alpha value is -1.81. The normalized spacial score (nSPS) is 24.2. The lowest BCUT2D eigenvalue weighted by Crippen LogP contribution is -2.29. The van der Waals surface area contributed by atoms with Crippen molar-refractivity contribution in [3.63, 3.8) is 0 Å². The first-order valence-electron chi connectivity index (χ1n) is 5.77. The summed E-state index contributed by atoms with van der Waals surface area (Å²) in [5.41, 5.74) is 1.17. The molecule has 1 aliphatic rings. The minimum atomic E-state index is -0.760. The van der Waals surface area contributed by atoms with Crippen molar-refractivity contribution < 1.29 is 9.90 Å². The van der Waals surface area contributed by atoms with E-state index in [0.29, 0.717) is 6.42 Å². The van der Waals surface area contributed by atoms with Crippen molar-refractivity contribution >= 4 is 16.9 Å². The molecule has 1 aliphatic heterocycles. The van der Waals surface area contributed by atoms with Crippen LogP contribution in [0.1, 0.15) is 12.5 Å². The highest BCUT2D eigenvalue weighted by Gasteiger charge is 2.30. The Labute approximate surface area is 98.9 Å². The zero-order valence-electron chi connectivity index (χ0n) is 9.34. The van der Waals surface area contributed by atoms with Crippen molar-refractivity contribution in [1.82, 2.24) is 9.88 Å². The molecule has 4 nitrogen and oxygen atoms in total. The molecular weight excluding hydrogens is 216 g/mol. The van der Waals surface area contributed by atoms with Crippen molar-refractivity contribution in [3.05, 3.63) is 36.5 Å². The van der Waals surface area contributed by atoms with E-state index in [2.05, 4.69) is 28.1 Å². The van der Waals surface area contributed by atoms with Gasteiger partial charge in [0.2, 0.25) is 0 Å². The van der Waals surface area contributed by atoms with Gasteiger partial charge in [-0.15, -0.1) is 0 Å². The van der Waals surface area contributed by atoms with Crippen LogP contribution < -0.4 is 5.32 Å². The Bertz CT molecular complexity index is 561. The molecule has 1 fully saturated rings. The molecule has 0 aliphatic carbocycles. The summed E-state index contributed by atoms with van der Waals surface area (Å²) in [5.74, 6) is -0.760. The van der Waals surface area contributed by atoms with Gasteiger partial charge in [0.25, 0.3) is 0 Å². The van der Waals surface area contributed by atoms with E-state index < -0.39 is 12.0 Å². The fraction of sp³-hybridized carbons (Fsp3) is 0.308. The SMILES string of the molecule is O=C(O)[C@@H]1C[C@H](n2ccc3ccccc32)CN1. The highest BCUT2D eigenvalue weighted by Crippen LogP contribution is 2.25. The minimum absolute atomic E-state index is 0.232. The molecule has 3 rings (SSSR count). The molecule has 2 aromatic rings. The van der Waals surface area contributed by atoms with Crippen LogP contribution in [0.25, 0.3) is 10.9 Å². The summed E-state index contributed by atoms with van der Waals surface area (Å²) in [5, 5.41) is 13.2. The van der Waals surface area contributed by atoms with Gasteiger partial charge in [-0.3, -0.25) is 4.79 Å². The van der Waals surface area contributed by atoms with Gasteiger partial charge in [-0.2, -0.15) is 0 Å². The third-order valence-corrected chi connectivity index (χ3v) is 3.43. The second-order valence-electron chi connectivity index (χ2n) is 4.47.